The minimum absolute atomic E-state index is 0.0235. The van der Waals surface area contributed by atoms with Gasteiger partial charge in [0, 0.05) is 32.6 Å². The zero-order valence-electron chi connectivity index (χ0n) is 48.1. The Kier molecular flexibility index (Phi) is 38.1. The number of aliphatic hydroxyl groups excluding tert-OH is 1. The summed E-state index contributed by atoms with van der Waals surface area (Å²) in [5, 5.41) is 33.5. The predicted octanol–water partition coefficient (Wildman–Crippen LogP) is -7.66. The van der Waals surface area contributed by atoms with Gasteiger partial charge >= 0.3 is 0 Å². The molecule has 470 valence electrons. The maximum absolute atomic E-state index is 14.2. The number of aliphatic imine (C=N–C) groups is 1. The molecule has 1 fully saturated rings. The van der Waals surface area contributed by atoms with Crippen LogP contribution >= 0.6 is 0 Å². The lowest BCUT2D eigenvalue weighted by atomic mass is 10.1. The molecule has 28 N–H and O–H groups in total. The molecule has 9 atom stereocenters. The van der Waals surface area contributed by atoms with Gasteiger partial charge in [-0.3, -0.25) is 52.9 Å². The van der Waals surface area contributed by atoms with Gasteiger partial charge in [-0.05, 0) is 136 Å². The molecule has 0 unspecified atom stereocenters. The van der Waals surface area contributed by atoms with Crippen LogP contribution in [0.25, 0.3) is 0 Å². The fraction of sp³-hybridized carbons (Fsp3) is 0.712. The second kappa shape index (κ2) is 42.7. The number of nitrogens with two attached hydrogens (primary N) is 9. The molecule has 0 aromatic carbocycles. The molecule has 1 saturated heterocycles. The van der Waals surface area contributed by atoms with Crippen LogP contribution in [0.5, 0.6) is 0 Å². The van der Waals surface area contributed by atoms with Gasteiger partial charge in [0.05, 0.1) is 18.7 Å². The fourth-order valence-corrected chi connectivity index (χ4v) is 8.44. The van der Waals surface area contributed by atoms with Crippen LogP contribution in [0.15, 0.2) is 16.8 Å². The van der Waals surface area contributed by atoms with Crippen molar-refractivity contribution in [3.8, 4) is 12.3 Å². The summed E-state index contributed by atoms with van der Waals surface area (Å²) in [4.78, 5) is 141. The second-order valence-electron chi connectivity index (χ2n) is 20.0. The summed E-state index contributed by atoms with van der Waals surface area (Å²) >= 11 is 0. The molecule has 0 spiro atoms. The van der Waals surface area contributed by atoms with Gasteiger partial charge in [0.2, 0.25) is 53.2 Å². The average molecular weight is 1180 g/mol. The molecule has 0 aromatic heterocycles. The second-order valence-corrected chi connectivity index (χ2v) is 20.0. The van der Waals surface area contributed by atoms with Gasteiger partial charge in [0.1, 0.15) is 48.0 Å². The number of rotatable bonds is 43. The van der Waals surface area contributed by atoms with Crippen LogP contribution in [0.3, 0.4) is 0 Å². The zero-order valence-corrected chi connectivity index (χ0v) is 48.1. The Labute approximate surface area is 486 Å². The monoisotopic (exact) mass is 1180 g/mol. The highest BCUT2D eigenvalue weighted by molar-refractivity contribution is 6.02. The van der Waals surface area contributed by atoms with E-state index in [1.54, 1.807) is 0 Å². The van der Waals surface area contributed by atoms with Gasteiger partial charge in [-0.25, -0.2) is 0 Å². The Morgan fingerprint density at radius 1 is 0.651 bits per heavy atom. The highest BCUT2D eigenvalue weighted by atomic mass is 16.3. The molecule has 1 heterocycles. The maximum Gasteiger partial charge on any atom is 0.268 e. The molecule has 83 heavy (non-hydrogen) atoms. The minimum atomic E-state index is -1.57. The van der Waals surface area contributed by atoms with E-state index < -0.39 is 127 Å². The molecule has 31 nitrogen and oxygen atoms in total. The molecular formula is C52H96N20O11. The van der Waals surface area contributed by atoms with Crippen LogP contribution in [0.4, 0.5) is 0 Å². The largest absolute Gasteiger partial charge is 0.389 e. The SMILES string of the molecule is C#CC[C@H](NC(=O)[C@@H]1CCCN1C(=O)[C@@H](CCCN)NC(=O)CNC(=O)[C@H](C)NC(=O)[C@@H](NC(=O)[C@@H](N)CCCCN)[C@@H](O)CN)C(=O)N[C@@H](CCCCN)C(=O)N/C(=C\CCN=C(N)N)C(=O)N[C@@H](CCCCN)C(=O)NCCCCN. The number of nitrogens with zero attached hydrogens (tertiary/aromatic N) is 2. The highest BCUT2D eigenvalue weighted by Gasteiger charge is 2.40. The van der Waals surface area contributed by atoms with E-state index in [4.69, 9.17) is 58.0 Å². The van der Waals surface area contributed by atoms with Crippen molar-refractivity contribution in [1.29, 1.82) is 0 Å². The molecule has 1 aliphatic heterocycles. The number of guanidine groups is 1. The summed E-state index contributed by atoms with van der Waals surface area (Å²) in [6.45, 7) is 2.19. The molecule has 0 bridgehead atoms. The number of terminal acetylenes is 1. The van der Waals surface area contributed by atoms with E-state index in [-0.39, 0.29) is 89.2 Å². The number of hydrogen-bond acceptors (Lipinski definition) is 19. The smallest absolute Gasteiger partial charge is 0.268 e. The molecule has 0 radical (unpaired) electrons. The average Bonchev–Trinajstić information content (AvgIpc) is 4.09. The Balaban J connectivity index is 3.27. The van der Waals surface area contributed by atoms with Crippen LogP contribution < -0.4 is 99.5 Å². The molecule has 10 amide bonds. The molecule has 1 rings (SSSR count). The lowest BCUT2D eigenvalue weighted by Crippen LogP contribution is -2.60. The Hall–Kier alpha value is -7.05. The minimum Gasteiger partial charge on any atom is -0.389 e. The number of carbonyl (C=O) groups excluding carboxylic acids is 10. The Morgan fingerprint density at radius 2 is 1.24 bits per heavy atom. The lowest BCUT2D eigenvalue weighted by molar-refractivity contribution is -0.142. The van der Waals surface area contributed by atoms with Crippen LogP contribution in [0, 0.1) is 12.3 Å². The van der Waals surface area contributed by atoms with E-state index in [2.05, 4.69) is 58.8 Å². The van der Waals surface area contributed by atoms with Crippen LogP contribution in [0.2, 0.25) is 0 Å². The van der Waals surface area contributed by atoms with Crippen molar-refractivity contribution in [2.24, 2.45) is 56.6 Å². The van der Waals surface area contributed by atoms with E-state index in [0.29, 0.717) is 84.0 Å². The molecular weight excluding hydrogens is 1080 g/mol. The number of nitrogens with one attached hydrogen (secondary N) is 9. The van der Waals surface area contributed by atoms with E-state index >= 15 is 0 Å². The topological polar surface area (TPSA) is 549 Å². The molecule has 31 heteroatoms. The van der Waals surface area contributed by atoms with Gasteiger partial charge in [0.15, 0.2) is 5.96 Å². The number of aliphatic hydroxyl groups is 1. The van der Waals surface area contributed by atoms with E-state index in [1.165, 1.54) is 17.9 Å². The first kappa shape index (κ1) is 74.0. The first-order valence-electron chi connectivity index (χ1n) is 28.5. The summed E-state index contributed by atoms with van der Waals surface area (Å²) in [6, 6.07) is -10.0. The number of carbonyl (C=O) groups is 10. The summed E-state index contributed by atoms with van der Waals surface area (Å²) in [6.07, 6.45) is 10.8. The first-order valence-corrected chi connectivity index (χ1v) is 28.5. The maximum atomic E-state index is 14.2. The summed E-state index contributed by atoms with van der Waals surface area (Å²) in [5.41, 5.74) is 50.5. The van der Waals surface area contributed by atoms with E-state index in [9.17, 15) is 53.1 Å². The van der Waals surface area contributed by atoms with E-state index in [1.807, 2.05) is 0 Å². The van der Waals surface area contributed by atoms with Gasteiger partial charge in [-0.15, -0.1) is 12.3 Å². The fourth-order valence-electron chi connectivity index (χ4n) is 8.44. The molecule has 0 aromatic rings. The highest BCUT2D eigenvalue weighted by Crippen LogP contribution is 2.20. The third-order valence-corrected chi connectivity index (χ3v) is 13.2. The predicted molar refractivity (Wildman–Crippen MR) is 311 cm³/mol. The molecule has 0 aliphatic carbocycles. The molecule has 0 saturated carbocycles. The zero-order chi connectivity index (χ0) is 62.3. The van der Waals surface area contributed by atoms with Crippen molar-refractivity contribution in [1.82, 2.24) is 52.8 Å². The van der Waals surface area contributed by atoms with Gasteiger partial charge in [-0.1, -0.05) is 12.5 Å². The summed E-state index contributed by atoms with van der Waals surface area (Å²) in [7, 11) is 0. The van der Waals surface area contributed by atoms with Crippen molar-refractivity contribution in [2.75, 3.05) is 65.4 Å². The number of unbranched alkanes of at least 4 members (excludes halogenated alkanes) is 4. The first-order chi connectivity index (χ1) is 39.6. The van der Waals surface area contributed by atoms with Crippen molar-refractivity contribution in [3.05, 3.63) is 11.8 Å². The van der Waals surface area contributed by atoms with Gasteiger partial charge in [0.25, 0.3) is 5.91 Å². The number of amides is 10. The number of likely N-dealkylation sites (tertiary alicyclic amines) is 1. The van der Waals surface area contributed by atoms with Crippen LogP contribution in [-0.4, -0.2) is 195 Å². The van der Waals surface area contributed by atoms with Crippen LogP contribution in [-0.2, 0) is 47.9 Å². The van der Waals surface area contributed by atoms with Crippen molar-refractivity contribution in [2.45, 2.75) is 171 Å². The normalized spacial score (nSPS) is 15.9. The standard InChI is InChI=1S/C52H96N20O11/c1-3-15-34(46(78)68-36(18-6-9-24-55)47(79)69-37(20-13-28-63-52(60)61)48(80)67-35(17-5-8-23-54)45(77)62-27-11-10-25-56)70-49(81)39-21-14-29-72(39)51(83)38(19-12-26-57)66-41(74)31-64-43(75)32(2)65-50(82)42(40(73)30-58)71-44(76)33(59)16-4-7-22-53/h1,20,32-36,38-40,42,73H,4-19,21-31,53-59H2,2H3,(H,62,77)(H,64,75)(H,65,82)(H,66,74)(H,67,80)(H,68,78)(H,69,79)(H,70,81)(H,71,76)(H4,60,61,63)/b37-20-/t32-,33-,34-,35-,36-,38+,39-,40-,42-/m0/s1. The van der Waals surface area contributed by atoms with Gasteiger partial charge < -0.3 is 109 Å². The quantitative estimate of drug-likeness (QED) is 0.00886. The third kappa shape index (κ3) is 29.2. The van der Waals surface area contributed by atoms with Crippen LogP contribution in [0.1, 0.15) is 116 Å². The lowest BCUT2D eigenvalue weighted by Gasteiger charge is -2.30. The Bertz CT molecular complexity index is 2180. The van der Waals surface area contributed by atoms with Crippen molar-refractivity contribution < 1.29 is 53.1 Å². The molecule has 1 aliphatic rings. The van der Waals surface area contributed by atoms with Crippen molar-refractivity contribution in [3.63, 3.8) is 0 Å². The summed E-state index contributed by atoms with van der Waals surface area (Å²) < 4.78 is 0. The Morgan fingerprint density at radius 3 is 1.83 bits per heavy atom. The van der Waals surface area contributed by atoms with E-state index in [0.717, 1.165) is 0 Å². The van der Waals surface area contributed by atoms with Crippen molar-refractivity contribution >= 4 is 65.0 Å². The summed E-state index contributed by atoms with van der Waals surface area (Å²) in [5.74, 6) is -5.60. The van der Waals surface area contributed by atoms with Gasteiger partial charge in [-0.2, -0.15) is 0 Å². The third-order valence-electron chi connectivity index (χ3n) is 13.2. The number of hydrogen-bond donors (Lipinski definition) is 19.